The monoisotopic (exact) mass is 511 g/mol. The van der Waals surface area contributed by atoms with Crippen LogP contribution in [0, 0.1) is 5.92 Å². The standard InChI is InChI=1S/C27H37N5O5/c1-5-6-16-37-26-30-23(28-21(33)11-9-7-8-10-18(2)3)22-24(31-26)32(27(35)29-22)17-19-12-14-20(15-13-19)25(34)36-4/h12-15,18H,5-11,16-17H2,1-4H3,(H,29,35)(H,28,30,31,33). The Kier molecular flexibility index (Phi) is 10.2. The van der Waals surface area contributed by atoms with Crippen LogP contribution in [0.2, 0.25) is 0 Å². The highest BCUT2D eigenvalue weighted by Gasteiger charge is 2.18. The fraction of sp³-hybridized carbons (Fsp3) is 0.519. The van der Waals surface area contributed by atoms with Gasteiger partial charge in [0.05, 0.1) is 25.8 Å². The summed E-state index contributed by atoms with van der Waals surface area (Å²) in [4.78, 5) is 48.9. The Labute approximate surface area is 216 Å². The molecular weight excluding hydrogens is 474 g/mol. The minimum absolute atomic E-state index is 0.0990. The first-order valence-corrected chi connectivity index (χ1v) is 12.9. The van der Waals surface area contributed by atoms with E-state index in [1.165, 1.54) is 11.7 Å². The largest absolute Gasteiger partial charge is 0.465 e. The molecule has 0 radical (unpaired) electrons. The number of hydrogen-bond acceptors (Lipinski definition) is 7. The second-order valence-corrected chi connectivity index (χ2v) is 9.50. The van der Waals surface area contributed by atoms with Crippen molar-refractivity contribution in [2.45, 2.75) is 72.3 Å². The number of benzene rings is 1. The van der Waals surface area contributed by atoms with Crippen LogP contribution in [-0.2, 0) is 16.1 Å². The highest BCUT2D eigenvalue weighted by atomic mass is 16.5. The van der Waals surface area contributed by atoms with Crippen LogP contribution in [0.1, 0.15) is 81.6 Å². The summed E-state index contributed by atoms with van der Waals surface area (Å²) in [5.74, 6) is 0.273. The number of carbonyl (C=O) groups excluding carboxylic acids is 2. The summed E-state index contributed by atoms with van der Waals surface area (Å²) in [6, 6.07) is 6.88. The molecule has 10 nitrogen and oxygen atoms in total. The molecule has 1 amide bonds. The number of rotatable bonds is 14. The van der Waals surface area contributed by atoms with Crippen molar-refractivity contribution in [3.63, 3.8) is 0 Å². The minimum Gasteiger partial charge on any atom is -0.465 e. The molecule has 37 heavy (non-hydrogen) atoms. The van der Waals surface area contributed by atoms with E-state index < -0.39 is 11.7 Å². The molecule has 3 aromatic rings. The van der Waals surface area contributed by atoms with Gasteiger partial charge in [-0.3, -0.25) is 9.36 Å². The first-order chi connectivity index (χ1) is 17.8. The average molecular weight is 512 g/mol. The van der Waals surface area contributed by atoms with Crippen molar-refractivity contribution < 1.29 is 19.1 Å². The van der Waals surface area contributed by atoms with Gasteiger partial charge in [-0.1, -0.05) is 58.6 Å². The van der Waals surface area contributed by atoms with Crippen molar-refractivity contribution >= 4 is 28.9 Å². The highest BCUT2D eigenvalue weighted by molar-refractivity contribution is 5.97. The molecule has 1 aromatic carbocycles. The van der Waals surface area contributed by atoms with Gasteiger partial charge in [-0.05, 0) is 36.5 Å². The van der Waals surface area contributed by atoms with E-state index in [1.807, 2.05) is 0 Å². The number of nitrogens with zero attached hydrogens (tertiary/aromatic N) is 3. The van der Waals surface area contributed by atoms with Crippen molar-refractivity contribution in [1.29, 1.82) is 0 Å². The molecule has 0 aliphatic rings. The van der Waals surface area contributed by atoms with Crippen LogP contribution in [-0.4, -0.2) is 45.1 Å². The zero-order chi connectivity index (χ0) is 26.8. The van der Waals surface area contributed by atoms with Crippen molar-refractivity contribution in [3.8, 4) is 6.01 Å². The van der Waals surface area contributed by atoms with Crippen molar-refractivity contribution in [2.24, 2.45) is 5.92 Å². The quantitative estimate of drug-likeness (QED) is 0.238. The first kappa shape index (κ1) is 27.9. The van der Waals surface area contributed by atoms with E-state index in [2.05, 4.69) is 41.0 Å². The van der Waals surface area contributed by atoms with E-state index in [4.69, 9.17) is 9.47 Å². The molecule has 2 heterocycles. The van der Waals surface area contributed by atoms with Gasteiger partial charge in [0.1, 0.15) is 5.52 Å². The third kappa shape index (κ3) is 7.90. The van der Waals surface area contributed by atoms with E-state index in [0.29, 0.717) is 35.7 Å². The maximum absolute atomic E-state index is 12.9. The third-order valence-electron chi connectivity index (χ3n) is 5.99. The lowest BCUT2D eigenvalue weighted by Gasteiger charge is -2.10. The SMILES string of the molecule is CCCCOc1nc(NC(=O)CCCCCC(C)C)c2[nH]c(=O)n(Cc3ccc(C(=O)OC)cc3)c2n1. The number of unbranched alkanes of at least 4 members (excludes halogenated alkanes) is 3. The second-order valence-electron chi connectivity index (χ2n) is 9.50. The van der Waals surface area contributed by atoms with Crippen LogP contribution >= 0.6 is 0 Å². The zero-order valence-electron chi connectivity index (χ0n) is 22.1. The Hall–Kier alpha value is -3.69. The number of fused-ring (bicyclic) bond motifs is 1. The van der Waals surface area contributed by atoms with Crippen LogP contribution in [0.3, 0.4) is 0 Å². The lowest BCUT2D eigenvalue weighted by Crippen LogP contribution is -2.18. The fourth-order valence-corrected chi connectivity index (χ4v) is 3.88. The molecule has 0 fully saturated rings. The van der Waals surface area contributed by atoms with E-state index in [0.717, 1.165) is 44.1 Å². The van der Waals surface area contributed by atoms with E-state index in [-0.39, 0.29) is 24.3 Å². The van der Waals surface area contributed by atoms with Gasteiger partial charge >= 0.3 is 17.7 Å². The van der Waals surface area contributed by atoms with Gasteiger partial charge in [0.2, 0.25) is 5.91 Å². The molecule has 200 valence electrons. The molecule has 3 rings (SSSR count). The summed E-state index contributed by atoms with van der Waals surface area (Å²) >= 11 is 0. The molecule has 0 aliphatic carbocycles. The Morgan fingerprint density at radius 1 is 1.08 bits per heavy atom. The zero-order valence-corrected chi connectivity index (χ0v) is 22.1. The minimum atomic E-state index is -0.433. The third-order valence-corrected chi connectivity index (χ3v) is 5.99. The van der Waals surface area contributed by atoms with Crippen LogP contribution in [0.5, 0.6) is 6.01 Å². The number of ether oxygens (including phenoxy) is 2. The molecule has 0 aliphatic heterocycles. The molecule has 0 saturated heterocycles. The molecule has 2 aromatic heterocycles. The topological polar surface area (TPSA) is 128 Å². The Balaban J connectivity index is 1.84. The van der Waals surface area contributed by atoms with Crippen LogP contribution in [0.4, 0.5) is 5.82 Å². The number of aromatic nitrogens is 4. The Morgan fingerprint density at radius 3 is 2.51 bits per heavy atom. The lowest BCUT2D eigenvalue weighted by atomic mass is 10.0. The van der Waals surface area contributed by atoms with Crippen molar-refractivity contribution in [2.75, 3.05) is 19.0 Å². The maximum Gasteiger partial charge on any atom is 0.337 e. The molecule has 0 spiro atoms. The predicted octanol–water partition coefficient (Wildman–Crippen LogP) is 4.68. The smallest absolute Gasteiger partial charge is 0.337 e. The molecule has 10 heteroatoms. The van der Waals surface area contributed by atoms with E-state index >= 15 is 0 Å². The predicted molar refractivity (Wildman–Crippen MR) is 142 cm³/mol. The van der Waals surface area contributed by atoms with Gasteiger partial charge in [0.25, 0.3) is 0 Å². The van der Waals surface area contributed by atoms with Crippen LogP contribution in [0.25, 0.3) is 11.2 Å². The second kappa shape index (κ2) is 13.6. The number of amides is 1. The summed E-state index contributed by atoms with van der Waals surface area (Å²) in [5, 5.41) is 2.84. The number of hydrogen-bond donors (Lipinski definition) is 2. The fourth-order valence-electron chi connectivity index (χ4n) is 3.88. The molecule has 0 bridgehead atoms. The van der Waals surface area contributed by atoms with E-state index in [9.17, 15) is 14.4 Å². The van der Waals surface area contributed by atoms with Gasteiger partial charge in [0.15, 0.2) is 11.5 Å². The number of imidazole rings is 1. The summed E-state index contributed by atoms with van der Waals surface area (Å²) < 4.78 is 11.9. The highest BCUT2D eigenvalue weighted by Crippen LogP contribution is 2.22. The summed E-state index contributed by atoms with van der Waals surface area (Å²) in [5.41, 5.74) is 1.48. The summed E-state index contributed by atoms with van der Waals surface area (Å²) in [6.45, 7) is 7.06. The number of methoxy groups -OCH3 is 1. The van der Waals surface area contributed by atoms with E-state index in [1.54, 1.807) is 24.3 Å². The number of anilines is 1. The first-order valence-electron chi connectivity index (χ1n) is 12.9. The van der Waals surface area contributed by atoms with Gasteiger partial charge in [0, 0.05) is 6.42 Å². The normalized spacial score (nSPS) is 11.2. The molecular formula is C27H37N5O5. The van der Waals surface area contributed by atoms with Crippen molar-refractivity contribution in [3.05, 3.63) is 45.9 Å². The number of aromatic amines is 1. The summed E-state index contributed by atoms with van der Waals surface area (Å²) in [6.07, 6.45) is 6.14. The molecule has 0 atom stereocenters. The maximum atomic E-state index is 12.9. The Morgan fingerprint density at radius 2 is 1.84 bits per heavy atom. The van der Waals surface area contributed by atoms with Gasteiger partial charge in [-0.2, -0.15) is 9.97 Å². The Bertz CT molecular complexity index is 1250. The lowest BCUT2D eigenvalue weighted by molar-refractivity contribution is -0.116. The van der Waals surface area contributed by atoms with Gasteiger partial charge in [-0.25, -0.2) is 9.59 Å². The number of nitrogens with one attached hydrogen (secondary N) is 2. The number of esters is 1. The average Bonchev–Trinajstić information content (AvgIpc) is 3.19. The number of carbonyl (C=O) groups is 2. The van der Waals surface area contributed by atoms with Crippen LogP contribution < -0.4 is 15.7 Å². The molecule has 0 saturated carbocycles. The summed E-state index contributed by atoms with van der Waals surface area (Å²) in [7, 11) is 1.32. The van der Waals surface area contributed by atoms with Crippen molar-refractivity contribution in [1.82, 2.24) is 19.5 Å². The van der Waals surface area contributed by atoms with Gasteiger partial charge < -0.3 is 19.8 Å². The molecule has 2 N–H and O–H groups in total. The van der Waals surface area contributed by atoms with Gasteiger partial charge in [-0.15, -0.1) is 0 Å². The molecule has 0 unspecified atom stereocenters. The van der Waals surface area contributed by atoms with Crippen LogP contribution in [0.15, 0.2) is 29.1 Å². The number of H-pyrrole nitrogens is 1.